The second kappa shape index (κ2) is 5.02. The Kier molecular flexibility index (Phi) is 4.72. The highest BCUT2D eigenvalue weighted by atomic mass is 15.1. The van der Waals surface area contributed by atoms with Gasteiger partial charge in [0, 0.05) is 19.3 Å². The van der Waals surface area contributed by atoms with Crippen LogP contribution in [0.3, 0.4) is 0 Å². The van der Waals surface area contributed by atoms with Gasteiger partial charge >= 0.3 is 0 Å². The molecule has 0 aliphatic heterocycles. The largest absolute Gasteiger partial charge is 0.378 e. The molecule has 0 N–H and O–H groups in total. The highest BCUT2D eigenvalue weighted by molar-refractivity contribution is 4.97. The standard InChI is InChI=1S/C11H21N/c1-9(2)7-8-12(6)11(5)10(3)4/h10H,1,5,7-8H2,2-4,6H3. The summed E-state index contributed by atoms with van der Waals surface area (Å²) >= 11 is 0. The molecule has 0 aliphatic rings. The monoisotopic (exact) mass is 167 g/mol. The molecule has 0 aromatic carbocycles. The van der Waals surface area contributed by atoms with E-state index in [1.807, 2.05) is 0 Å². The van der Waals surface area contributed by atoms with E-state index in [4.69, 9.17) is 0 Å². The van der Waals surface area contributed by atoms with E-state index >= 15 is 0 Å². The van der Waals surface area contributed by atoms with E-state index in [-0.39, 0.29) is 0 Å². The lowest BCUT2D eigenvalue weighted by atomic mass is 10.1. The van der Waals surface area contributed by atoms with Gasteiger partial charge in [0.2, 0.25) is 0 Å². The Bertz CT molecular complexity index is 168. The maximum absolute atomic E-state index is 4.03. The zero-order valence-electron chi connectivity index (χ0n) is 8.85. The van der Waals surface area contributed by atoms with Crippen molar-refractivity contribution in [2.24, 2.45) is 5.92 Å². The van der Waals surface area contributed by atoms with E-state index in [1.165, 1.54) is 11.3 Å². The average molecular weight is 167 g/mol. The van der Waals surface area contributed by atoms with Crippen molar-refractivity contribution in [3.63, 3.8) is 0 Å². The topological polar surface area (TPSA) is 3.24 Å². The van der Waals surface area contributed by atoms with E-state index < -0.39 is 0 Å². The quantitative estimate of drug-likeness (QED) is 0.569. The second-order valence-electron chi connectivity index (χ2n) is 3.77. The first-order chi connectivity index (χ1) is 5.45. The Labute approximate surface area is 76.8 Å². The second-order valence-corrected chi connectivity index (χ2v) is 3.77. The molecule has 1 heteroatoms. The van der Waals surface area contributed by atoms with Crippen molar-refractivity contribution >= 4 is 0 Å². The van der Waals surface area contributed by atoms with E-state index in [9.17, 15) is 0 Å². The minimum atomic E-state index is 0.542. The number of hydrogen-bond donors (Lipinski definition) is 0. The minimum absolute atomic E-state index is 0.542. The van der Waals surface area contributed by atoms with Gasteiger partial charge in [-0.05, 0) is 19.3 Å². The molecule has 0 fully saturated rings. The molecule has 0 aromatic heterocycles. The molecular formula is C11H21N. The molecule has 1 nitrogen and oxygen atoms in total. The first-order valence-corrected chi connectivity index (χ1v) is 4.49. The molecule has 0 radical (unpaired) electrons. The summed E-state index contributed by atoms with van der Waals surface area (Å²) in [6.45, 7) is 15.3. The first-order valence-electron chi connectivity index (χ1n) is 4.49. The molecule has 12 heavy (non-hydrogen) atoms. The van der Waals surface area contributed by atoms with Gasteiger partial charge in [-0.15, -0.1) is 6.58 Å². The van der Waals surface area contributed by atoms with Gasteiger partial charge < -0.3 is 4.90 Å². The summed E-state index contributed by atoms with van der Waals surface area (Å²) in [7, 11) is 2.09. The molecule has 0 spiro atoms. The van der Waals surface area contributed by atoms with Gasteiger partial charge in [0.05, 0.1) is 0 Å². The lowest BCUT2D eigenvalue weighted by molar-refractivity contribution is 0.380. The molecule has 0 aliphatic carbocycles. The Morgan fingerprint density at radius 1 is 1.33 bits per heavy atom. The van der Waals surface area contributed by atoms with E-state index in [2.05, 4.69) is 45.9 Å². The van der Waals surface area contributed by atoms with Crippen LogP contribution in [0.5, 0.6) is 0 Å². The summed E-state index contributed by atoms with van der Waals surface area (Å²) in [5, 5.41) is 0. The molecule has 0 heterocycles. The summed E-state index contributed by atoms with van der Waals surface area (Å²) in [6.07, 6.45) is 1.06. The maximum Gasteiger partial charge on any atom is 0.0208 e. The van der Waals surface area contributed by atoms with Gasteiger partial charge in [-0.3, -0.25) is 0 Å². The van der Waals surface area contributed by atoms with Crippen LogP contribution in [0, 0.1) is 5.92 Å². The molecule has 0 aromatic rings. The SMILES string of the molecule is C=C(C)CCN(C)C(=C)C(C)C. The summed E-state index contributed by atoms with van der Waals surface area (Å²) in [5.74, 6) is 0.542. The minimum Gasteiger partial charge on any atom is -0.378 e. The van der Waals surface area contributed by atoms with Gasteiger partial charge in [-0.25, -0.2) is 0 Å². The molecule has 0 bridgehead atoms. The van der Waals surface area contributed by atoms with Crippen LogP contribution >= 0.6 is 0 Å². The smallest absolute Gasteiger partial charge is 0.0208 e. The Hall–Kier alpha value is -0.720. The van der Waals surface area contributed by atoms with Crippen LogP contribution in [-0.4, -0.2) is 18.5 Å². The van der Waals surface area contributed by atoms with Gasteiger partial charge in [-0.1, -0.05) is 26.0 Å². The van der Waals surface area contributed by atoms with Crippen molar-refractivity contribution in [2.75, 3.05) is 13.6 Å². The molecule has 0 rings (SSSR count). The van der Waals surface area contributed by atoms with Crippen LogP contribution in [0.1, 0.15) is 27.2 Å². The van der Waals surface area contributed by atoms with Crippen LogP contribution in [0.15, 0.2) is 24.4 Å². The van der Waals surface area contributed by atoms with E-state index in [1.54, 1.807) is 0 Å². The van der Waals surface area contributed by atoms with E-state index in [0.29, 0.717) is 5.92 Å². The van der Waals surface area contributed by atoms with Gasteiger partial charge in [0.15, 0.2) is 0 Å². The van der Waals surface area contributed by atoms with Crippen LogP contribution in [0.2, 0.25) is 0 Å². The zero-order valence-corrected chi connectivity index (χ0v) is 8.85. The first kappa shape index (κ1) is 11.3. The van der Waals surface area contributed by atoms with Gasteiger partial charge in [0.1, 0.15) is 0 Å². The predicted molar refractivity (Wildman–Crippen MR) is 56.0 cm³/mol. The third kappa shape index (κ3) is 4.22. The fourth-order valence-electron chi connectivity index (χ4n) is 0.943. The van der Waals surface area contributed by atoms with Crippen LogP contribution < -0.4 is 0 Å². The van der Waals surface area contributed by atoms with Crippen molar-refractivity contribution in [3.8, 4) is 0 Å². The van der Waals surface area contributed by atoms with Crippen LogP contribution in [-0.2, 0) is 0 Å². The number of nitrogens with zero attached hydrogens (tertiary/aromatic N) is 1. The Balaban J connectivity index is 3.79. The fraction of sp³-hybridized carbons (Fsp3) is 0.636. The van der Waals surface area contributed by atoms with Crippen molar-refractivity contribution in [2.45, 2.75) is 27.2 Å². The third-order valence-electron chi connectivity index (χ3n) is 2.03. The highest BCUT2D eigenvalue weighted by Gasteiger charge is 2.04. The van der Waals surface area contributed by atoms with Crippen LogP contribution in [0.4, 0.5) is 0 Å². The number of allylic oxidation sites excluding steroid dienone is 1. The highest BCUT2D eigenvalue weighted by Crippen LogP contribution is 2.11. The molecule has 0 unspecified atom stereocenters. The summed E-state index contributed by atoms with van der Waals surface area (Å²) in [4.78, 5) is 2.21. The molecular weight excluding hydrogens is 146 g/mol. The van der Waals surface area contributed by atoms with Crippen molar-refractivity contribution < 1.29 is 0 Å². The van der Waals surface area contributed by atoms with Gasteiger partial charge in [0.25, 0.3) is 0 Å². The summed E-state index contributed by atoms with van der Waals surface area (Å²) in [6, 6.07) is 0. The number of hydrogen-bond acceptors (Lipinski definition) is 1. The van der Waals surface area contributed by atoms with Gasteiger partial charge in [-0.2, -0.15) is 0 Å². The molecule has 0 amide bonds. The van der Waals surface area contributed by atoms with Crippen molar-refractivity contribution in [1.82, 2.24) is 4.90 Å². The molecule has 0 atom stereocenters. The molecule has 0 saturated heterocycles. The lowest BCUT2D eigenvalue weighted by Crippen LogP contribution is -2.21. The summed E-state index contributed by atoms with van der Waals surface area (Å²) < 4.78 is 0. The Morgan fingerprint density at radius 2 is 1.83 bits per heavy atom. The lowest BCUT2D eigenvalue weighted by Gasteiger charge is -2.24. The normalized spacial score (nSPS) is 10.1. The zero-order chi connectivity index (χ0) is 9.72. The molecule has 70 valence electrons. The average Bonchev–Trinajstić information content (AvgIpc) is 1.98. The van der Waals surface area contributed by atoms with Crippen molar-refractivity contribution in [1.29, 1.82) is 0 Å². The van der Waals surface area contributed by atoms with Crippen molar-refractivity contribution in [3.05, 3.63) is 24.4 Å². The molecule has 0 saturated carbocycles. The third-order valence-corrected chi connectivity index (χ3v) is 2.03. The number of rotatable bonds is 5. The fourth-order valence-corrected chi connectivity index (χ4v) is 0.943. The van der Waals surface area contributed by atoms with E-state index in [0.717, 1.165) is 13.0 Å². The summed E-state index contributed by atoms with van der Waals surface area (Å²) in [5.41, 5.74) is 2.44. The maximum atomic E-state index is 4.03. The Morgan fingerprint density at radius 3 is 2.17 bits per heavy atom. The van der Waals surface area contributed by atoms with Crippen LogP contribution in [0.25, 0.3) is 0 Å². The predicted octanol–water partition coefficient (Wildman–Crippen LogP) is 3.05.